The van der Waals surface area contributed by atoms with E-state index in [0.717, 1.165) is 16.8 Å². The first-order valence-corrected chi connectivity index (χ1v) is 9.04. The summed E-state index contributed by atoms with van der Waals surface area (Å²) in [6.45, 7) is 2.31. The van der Waals surface area contributed by atoms with E-state index in [1.807, 2.05) is 36.5 Å². The molecule has 7 heteroatoms. The van der Waals surface area contributed by atoms with Gasteiger partial charge in [0.05, 0.1) is 5.69 Å². The minimum Gasteiger partial charge on any atom is -0.355 e. The molecular weight excluding hydrogens is 354 g/mol. The molecule has 0 unspecified atom stereocenters. The maximum absolute atomic E-state index is 12.2. The molecule has 0 radical (unpaired) electrons. The highest BCUT2D eigenvalue weighted by Gasteiger charge is 2.11. The molecule has 3 rings (SSSR count). The second-order valence-electron chi connectivity index (χ2n) is 6.31. The summed E-state index contributed by atoms with van der Waals surface area (Å²) in [7, 11) is 1.58. The average Bonchev–Trinajstić information content (AvgIpc) is 3.24. The Balaban J connectivity index is 1.52. The molecule has 144 valence electrons. The van der Waals surface area contributed by atoms with Gasteiger partial charge in [0, 0.05) is 37.2 Å². The smallest absolute Gasteiger partial charge is 0.319 e. The van der Waals surface area contributed by atoms with Crippen LogP contribution in [0.4, 0.5) is 10.5 Å². The number of hydrogen-bond acceptors (Lipinski definition) is 3. The molecule has 1 aromatic heterocycles. The van der Waals surface area contributed by atoms with Gasteiger partial charge in [0.25, 0.3) is 5.91 Å². The highest BCUT2D eigenvalue weighted by atomic mass is 16.2. The molecule has 0 aliphatic rings. The van der Waals surface area contributed by atoms with Crippen LogP contribution in [0.25, 0.3) is 5.69 Å². The molecule has 3 N–H and O–H groups in total. The molecule has 1 heterocycles. The van der Waals surface area contributed by atoms with E-state index in [0.29, 0.717) is 24.2 Å². The Morgan fingerprint density at radius 2 is 1.86 bits per heavy atom. The molecular formula is C21H23N5O2. The van der Waals surface area contributed by atoms with Crippen molar-refractivity contribution in [1.29, 1.82) is 0 Å². The van der Waals surface area contributed by atoms with Gasteiger partial charge >= 0.3 is 6.03 Å². The Kier molecular flexibility index (Phi) is 6.06. The maximum Gasteiger partial charge on any atom is 0.319 e. The number of aromatic nitrogens is 2. The molecule has 2 aromatic carbocycles. The van der Waals surface area contributed by atoms with Gasteiger partial charge in [0.2, 0.25) is 0 Å². The van der Waals surface area contributed by atoms with E-state index >= 15 is 0 Å². The lowest BCUT2D eigenvalue weighted by Gasteiger charge is -2.12. The predicted octanol–water partition coefficient (Wildman–Crippen LogP) is 2.90. The van der Waals surface area contributed by atoms with Crippen LogP contribution in [0.2, 0.25) is 0 Å². The molecule has 0 atom stereocenters. The third kappa shape index (κ3) is 4.56. The number of hydrogen-bond donors (Lipinski definition) is 3. The normalized spacial score (nSPS) is 10.4. The van der Waals surface area contributed by atoms with Gasteiger partial charge in [-0.25, -0.2) is 9.48 Å². The number of amides is 3. The second kappa shape index (κ2) is 8.85. The van der Waals surface area contributed by atoms with E-state index in [-0.39, 0.29) is 11.9 Å². The van der Waals surface area contributed by atoms with E-state index in [1.54, 1.807) is 43.0 Å². The van der Waals surface area contributed by atoms with E-state index in [1.165, 1.54) is 0 Å². The number of carbonyl (C=O) groups excluding carboxylic acids is 2. The van der Waals surface area contributed by atoms with Gasteiger partial charge in [0.15, 0.2) is 0 Å². The second-order valence-corrected chi connectivity index (χ2v) is 6.31. The minimum absolute atomic E-state index is 0.180. The van der Waals surface area contributed by atoms with Gasteiger partial charge in [-0.15, -0.1) is 0 Å². The van der Waals surface area contributed by atoms with Crippen LogP contribution < -0.4 is 16.0 Å². The molecule has 0 aliphatic carbocycles. The van der Waals surface area contributed by atoms with Gasteiger partial charge in [-0.05, 0) is 54.8 Å². The number of rotatable bonds is 6. The molecule has 0 spiro atoms. The van der Waals surface area contributed by atoms with E-state index in [9.17, 15) is 9.59 Å². The minimum atomic E-state index is -0.301. The molecule has 0 aliphatic heterocycles. The third-order valence-electron chi connectivity index (χ3n) is 4.46. The molecule has 28 heavy (non-hydrogen) atoms. The van der Waals surface area contributed by atoms with Crippen LogP contribution in [0.15, 0.2) is 60.9 Å². The number of benzene rings is 2. The third-order valence-corrected chi connectivity index (χ3v) is 4.46. The highest BCUT2D eigenvalue weighted by Crippen LogP contribution is 2.18. The van der Waals surface area contributed by atoms with E-state index in [4.69, 9.17) is 0 Å². The zero-order valence-corrected chi connectivity index (χ0v) is 15.9. The van der Waals surface area contributed by atoms with Crippen molar-refractivity contribution in [2.45, 2.75) is 13.3 Å². The van der Waals surface area contributed by atoms with Crippen molar-refractivity contribution in [3.63, 3.8) is 0 Å². The summed E-state index contributed by atoms with van der Waals surface area (Å²) in [5.41, 5.74) is 3.99. The molecule has 3 amide bonds. The summed E-state index contributed by atoms with van der Waals surface area (Å²) in [4.78, 5) is 24.0. The monoisotopic (exact) mass is 377 g/mol. The fraction of sp³-hybridized carbons (Fsp3) is 0.190. The molecule has 0 saturated carbocycles. The molecule has 0 fully saturated rings. The first-order valence-electron chi connectivity index (χ1n) is 9.04. The zero-order valence-electron chi connectivity index (χ0n) is 15.9. The van der Waals surface area contributed by atoms with Crippen LogP contribution in [0.1, 0.15) is 21.5 Å². The van der Waals surface area contributed by atoms with Crippen LogP contribution >= 0.6 is 0 Å². The van der Waals surface area contributed by atoms with Crippen LogP contribution in [0.5, 0.6) is 0 Å². The van der Waals surface area contributed by atoms with Crippen LogP contribution in [0, 0.1) is 6.92 Å². The summed E-state index contributed by atoms with van der Waals surface area (Å²) in [6, 6.07) is 14.9. The van der Waals surface area contributed by atoms with Crippen molar-refractivity contribution < 1.29 is 9.59 Å². The van der Waals surface area contributed by atoms with Gasteiger partial charge in [-0.3, -0.25) is 4.79 Å². The fourth-order valence-electron chi connectivity index (χ4n) is 2.88. The largest absolute Gasteiger partial charge is 0.355 e. The highest BCUT2D eigenvalue weighted by molar-refractivity contribution is 5.98. The summed E-state index contributed by atoms with van der Waals surface area (Å²) in [6.07, 6.45) is 4.34. The maximum atomic E-state index is 12.2. The van der Waals surface area contributed by atoms with Crippen molar-refractivity contribution in [3.8, 4) is 5.69 Å². The lowest BCUT2D eigenvalue weighted by Crippen LogP contribution is -2.31. The topological polar surface area (TPSA) is 88.0 Å². The van der Waals surface area contributed by atoms with Gasteiger partial charge in [-0.2, -0.15) is 5.10 Å². The SMILES string of the molecule is CNC(=O)c1cccc(NC(=O)NCCc2ccc(-n3cccn3)cc2)c1C. The summed E-state index contributed by atoms with van der Waals surface area (Å²) < 4.78 is 1.80. The van der Waals surface area contributed by atoms with Crippen molar-refractivity contribution in [2.75, 3.05) is 18.9 Å². The van der Waals surface area contributed by atoms with Crippen LogP contribution in [-0.4, -0.2) is 35.3 Å². The number of nitrogens with zero attached hydrogens (tertiary/aromatic N) is 2. The summed E-state index contributed by atoms with van der Waals surface area (Å²) >= 11 is 0. The first kappa shape index (κ1) is 19.2. The standard InChI is InChI=1S/C21H23N5O2/c1-15-18(20(27)22-2)5-3-6-19(15)25-21(28)23-13-11-16-7-9-17(10-8-16)26-14-4-12-24-26/h3-10,12,14H,11,13H2,1-2H3,(H,22,27)(H2,23,25,28). The zero-order chi connectivity index (χ0) is 19.9. The van der Waals surface area contributed by atoms with Crippen molar-refractivity contribution in [2.24, 2.45) is 0 Å². The van der Waals surface area contributed by atoms with Gasteiger partial charge in [0.1, 0.15) is 0 Å². The Morgan fingerprint density at radius 1 is 1.07 bits per heavy atom. The number of urea groups is 1. The Hall–Kier alpha value is -3.61. The number of carbonyl (C=O) groups is 2. The Morgan fingerprint density at radius 3 is 2.54 bits per heavy atom. The molecule has 0 bridgehead atoms. The van der Waals surface area contributed by atoms with E-state index in [2.05, 4.69) is 21.0 Å². The Bertz CT molecular complexity index is 949. The lowest BCUT2D eigenvalue weighted by atomic mass is 10.1. The van der Waals surface area contributed by atoms with Crippen LogP contribution in [0.3, 0.4) is 0 Å². The predicted molar refractivity (Wildman–Crippen MR) is 109 cm³/mol. The number of nitrogens with one attached hydrogen (secondary N) is 3. The van der Waals surface area contributed by atoms with Crippen molar-refractivity contribution >= 4 is 17.6 Å². The quantitative estimate of drug-likeness (QED) is 0.617. The van der Waals surface area contributed by atoms with Gasteiger partial charge in [-0.1, -0.05) is 18.2 Å². The van der Waals surface area contributed by atoms with Crippen LogP contribution in [-0.2, 0) is 6.42 Å². The fourth-order valence-corrected chi connectivity index (χ4v) is 2.88. The molecule has 7 nitrogen and oxygen atoms in total. The Labute approximate surface area is 163 Å². The van der Waals surface area contributed by atoms with Crippen molar-refractivity contribution in [3.05, 3.63) is 77.6 Å². The summed E-state index contributed by atoms with van der Waals surface area (Å²) in [5.74, 6) is -0.180. The molecule has 0 saturated heterocycles. The van der Waals surface area contributed by atoms with Crippen molar-refractivity contribution in [1.82, 2.24) is 20.4 Å². The number of anilines is 1. The van der Waals surface area contributed by atoms with E-state index < -0.39 is 0 Å². The first-order chi connectivity index (χ1) is 13.6. The average molecular weight is 377 g/mol. The molecule has 3 aromatic rings. The summed E-state index contributed by atoms with van der Waals surface area (Å²) in [5, 5.41) is 12.4. The lowest BCUT2D eigenvalue weighted by molar-refractivity contribution is 0.0962. The van der Waals surface area contributed by atoms with Gasteiger partial charge < -0.3 is 16.0 Å².